The molecule has 10 nitrogen and oxygen atoms in total. The Kier molecular flexibility index (Phi) is 5.77. The lowest BCUT2D eigenvalue weighted by Gasteiger charge is -2.14. The molecule has 1 aromatic carbocycles. The SMILES string of the molecule is Cc1cc(C(=O)OCC(=O)Nc2cc(C(F)(F)F)ccc2-n2cncn2)c2c(C)nn(C)c2n1. The summed E-state index contributed by atoms with van der Waals surface area (Å²) in [6.07, 6.45) is -2.16. The minimum Gasteiger partial charge on any atom is -0.452 e. The molecule has 3 heterocycles. The van der Waals surface area contributed by atoms with Gasteiger partial charge in [-0.05, 0) is 38.1 Å². The fourth-order valence-corrected chi connectivity index (χ4v) is 3.47. The molecule has 0 saturated carbocycles. The van der Waals surface area contributed by atoms with E-state index in [1.807, 2.05) is 0 Å². The van der Waals surface area contributed by atoms with Crippen molar-refractivity contribution < 1.29 is 27.5 Å². The minimum atomic E-state index is -4.63. The van der Waals surface area contributed by atoms with Gasteiger partial charge in [0.05, 0.1) is 33.6 Å². The summed E-state index contributed by atoms with van der Waals surface area (Å²) < 4.78 is 47.4. The zero-order chi connectivity index (χ0) is 24.6. The van der Waals surface area contributed by atoms with E-state index in [1.54, 1.807) is 20.9 Å². The predicted octanol–water partition coefficient (Wildman–Crippen LogP) is 2.98. The summed E-state index contributed by atoms with van der Waals surface area (Å²) in [5.41, 5.74) is 0.786. The van der Waals surface area contributed by atoms with E-state index < -0.39 is 30.2 Å². The first kappa shape index (κ1) is 22.9. The lowest BCUT2D eigenvalue weighted by Crippen LogP contribution is -2.22. The van der Waals surface area contributed by atoms with E-state index in [2.05, 4.69) is 25.5 Å². The molecule has 176 valence electrons. The lowest BCUT2D eigenvalue weighted by atomic mass is 10.1. The van der Waals surface area contributed by atoms with Gasteiger partial charge in [-0.1, -0.05) is 0 Å². The number of pyridine rings is 1. The molecule has 0 saturated heterocycles. The number of fused-ring (bicyclic) bond motifs is 1. The van der Waals surface area contributed by atoms with Crippen molar-refractivity contribution in [1.82, 2.24) is 29.5 Å². The number of hydrogen-bond donors (Lipinski definition) is 1. The maximum atomic E-state index is 13.2. The van der Waals surface area contributed by atoms with Crippen molar-refractivity contribution in [3.63, 3.8) is 0 Å². The van der Waals surface area contributed by atoms with Crippen LogP contribution >= 0.6 is 0 Å². The van der Waals surface area contributed by atoms with Gasteiger partial charge in [0.15, 0.2) is 12.3 Å². The van der Waals surface area contributed by atoms with Crippen LogP contribution in [0.15, 0.2) is 36.9 Å². The largest absolute Gasteiger partial charge is 0.452 e. The van der Waals surface area contributed by atoms with Crippen molar-refractivity contribution in [2.24, 2.45) is 7.05 Å². The van der Waals surface area contributed by atoms with Gasteiger partial charge in [-0.25, -0.2) is 19.4 Å². The van der Waals surface area contributed by atoms with E-state index in [0.29, 0.717) is 22.4 Å². The Balaban J connectivity index is 1.55. The van der Waals surface area contributed by atoms with Gasteiger partial charge in [-0.2, -0.15) is 23.4 Å². The third kappa shape index (κ3) is 4.44. The number of anilines is 1. The normalized spacial score (nSPS) is 11.6. The Morgan fingerprint density at radius 1 is 1.18 bits per heavy atom. The van der Waals surface area contributed by atoms with Crippen LogP contribution in [0.5, 0.6) is 0 Å². The fourth-order valence-electron chi connectivity index (χ4n) is 3.47. The Hall–Kier alpha value is -4.29. The Bertz CT molecular complexity index is 1400. The molecule has 4 aromatic rings. The van der Waals surface area contributed by atoms with Gasteiger partial charge >= 0.3 is 12.1 Å². The van der Waals surface area contributed by atoms with Crippen LogP contribution in [-0.4, -0.2) is 48.0 Å². The van der Waals surface area contributed by atoms with Crippen LogP contribution in [0.2, 0.25) is 0 Å². The third-order valence-electron chi connectivity index (χ3n) is 4.91. The van der Waals surface area contributed by atoms with Crippen LogP contribution in [0.3, 0.4) is 0 Å². The maximum Gasteiger partial charge on any atom is 0.416 e. The molecule has 1 N–H and O–H groups in total. The van der Waals surface area contributed by atoms with E-state index in [1.165, 1.54) is 28.1 Å². The van der Waals surface area contributed by atoms with Crippen LogP contribution in [0, 0.1) is 13.8 Å². The van der Waals surface area contributed by atoms with Gasteiger partial charge in [0.2, 0.25) is 0 Å². The molecule has 0 fully saturated rings. The van der Waals surface area contributed by atoms with Gasteiger partial charge in [0.25, 0.3) is 5.91 Å². The number of aryl methyl sites for hydroxylation is 3. The molecule has 13 heteroatoms. The molecule has 0 bridgehead atoms. The standard InChI is InChI=1S/C21H18F3N7O3/c1-11-6-14(18-12(2)29-30(3)19(18)27-11)20(33)34-8-17(32)28-15-7-13(21(22,23)24)4-5-16(15)31-10-25-9-26-31/h4-7,9-10H,8H2,1-3H3,(H,28,32). The number of nitrogens with one attached hydrogen (secondary N) is 1. The molecular weight excluding hydrogens is 455 g/mol. The summed E-state index contributed by atoms with van der Waals surface area (Å²) >= 11 is 0. The van der Waals surface area contributed by atoms with Gasteiger partial charge in [-0.3, -0.25) is 9.48 Å². The highest BCUT2D eigenvalue weighted by molar-refractivity contribution is 6.05. The predicted molar refractivity (Wildman–Crippen MR) is 113 cm³/mol. The highest BCUT2D eigenvalue weighted by Crippen LogP contribution is 2.33. The number of rotatable bonds is 5. The molecule has 0 unspecified atom stereocenters. The highest BCUT2D eigenvalue weighted by Gasteiger charge is 2.31. The van der Waals surface area contributed by atoms with Crippen molar-refractivity contribution >= 4 is 28.6 Å². The van der Waals surface area contributed by atoms with Crippen molar-refractivity contribution in [3.05, 3.63) is 59.4 Å². The van der Waals surface area contributed by atoms with Crippen LogP contribution in [0.1, 0.15) is 27.3 Å². The van der Waals surface area contributed by atoms with Crippen molar-refractivity contribution in [3.8, 4) is 5.69 Å². The van der Waals surface area contributed by atoms with Crippen LogP contribution in [0.25, 0.3) is 16.7 Å². The first-order valence-electron chi connectivity index (χ1n) is 9.88. The fraction of sp³-hybridized carbons (Fsp3) is 0.238. The zero-order valence-electron chi connectivity index (χ0n) is 18.2. The second-order valence-electron chi connectivity index (χ2n) is 7.41. The summed E-state index contributed by atoms with van der Waals surface area (Å²) in [4.78, 5) is 33.3. The van der Waals surface area contributed by atoms with E-state index in [-0.39, 0.29) is 16.9 Å². The first-order chi connectivity index (χ1) is 16.0. The van der Waals surface area contributed by atoms with E-state index in [9.17, 15) is 22.8 Å². The second-order valence-corrected chi connectivity index (χ2v) is 7.41. The highest BCUT2D eigenvalue weighted by atomic mass is 19.4. The molecule has 3 aromatic heterocycles. The van der Waals surface area contributed by atoms with Gasteiger partial charge in [0, 0.05) is 12.7 Å². The van der Waals surface area contributed by atoms with E-state index in [4.69, 9.17) is 4.74 Å². The molecule has 1 amide bonds. The molecule has 0 aliphatic heterocycles. The van der Waals surface area contributed by atoms with Crippen LogP contribution < -0.4 is 5.32 Å². The van der Waals surface area contributed by atoms with Gasteiger partial charge in [-0.15, -0.1) is 0 Å². The summed E-state index contributed by atoms with van der Waals surface area (Å²) in [6.45, 7) is 2.68. The Morgan fingerprint density at radius 3 is 2.62 bits per heavy atom. The van der Waals surface area contributed by atoms with Crippen molar-refractivity contribution in [2.75, 3.05) is 11.9 Å². The smallest absolute Gasteiger partial charge is 0.416 e. The van der Waals surface area contributed by atoms with Crippen LogP contribution in [-0.2, 0) is 22.8 Å². The number of aromatic nitrogens is 6. The quantitative estimate of drug-likeness (QED) is 0.443. The molecule has 0 aliphatic rings. The monoisotopic (exact) mass is 473 g/mol. The lowest BCUT2D eigenvalue weighted by molar-refractivity contribution is -0.137. The second kappa shape index (κ2) is 8.57. The average Bonchev–Trinajstić information content (AvgIpc) is 3.39. The number of halogens is 3. The number of alkyl halides is 3. The van der Waals surface area contributed by atoms with E-state index in [0.717, 1.165) is 18.2 Å². The molecule has 0 aliphatic carbocycles. The van der Waals surface area contributed by atoms with E-state index >= 15 is 0 Å². The first-order valence-corrected chi connectivity index (χ1v) is 9.88. The molecular formula is C21H18F3N7O3. The third-order valence-corrected chi connectivity index (χ3v) is 4.91. The molecule has 0 radical (unpaired) electrons. The number of nitrogens with zero attached hydrogens (tertiary/aromatic N) is 6. The Morgan fingerprint density at radius 2 is 1.94 bits per heavy atom. The average molecular weight is 473 g/mol. The van der Waals surface area contributed by atoms with Crippen LogP contribution in [0.4, 0.5) is 18.9 Å². The van der Waals surface area contributed by atoms with Gasteiger partial charge < -0.3 is 10.1 Å². The summed E-state index contributed by atoms with van der Waals surface area (Å²) in [5, 5.41) is 11.0. The number of amides is 1. The molecule has 0 spiro atoms. The number of hydrogen-bond acceptors (Lipinski definition) is 7. The summed E-state index contributed by atoms with van der Waals surface area (Å²) in [6, 6.07) is 4.30. The molecule has 34 heavy (non-hydrogen) atoms. The number of carbonyl (C=O) groups excluding carboxylic acids is 2. The number of benzene rings is 1. The van der Waals surface area contributed by atoms with Crippen molar-refractivity contribution in [1.29, 1.82) is 0 Å². The molecule has 0 atom stereocenters. The maximum absolute atomic E-state index is 13.2. The molecule has 4 rings (SSSR count). The number of carbonyl (C=O) groups is 2. The number of ether oxygens (including phenoxy) is 1. The summed E-state index contributed by atoms with van der Waals surface area (Å²) in [7, 11) is 1.69. The minimum absolute atomic E-state index is 0.155. The summed E-state index contributed by atoms with van der Waals surface area (Å²) in [5.74, 6) is -1.62. The Labute approximate surface area is 190 Å². The topological polar surface area (TPSA) is 117 Å². The van der Waals surface area contributed by atoms with Crippen molar-refractivity contribution in [2.45, 2.75) is 20.0 Å². The van der Waals surface area contributed by atoms with Gasteiger partial charge in [0.1, 0.15) is 12.7 Å². The number of esters is 1. The zero-order valence-corrected chi connectivity index (χ0v) is 18.2.